The van der Waals surface area contributed by atoms with Gasteiger partial charge in [0.25, 0.3) is 5.91 Å². The van der Waals surface area contributed by atoms with Crippen LogP contribution in [0.5, 0.6) is 5.75 Å². The van der Waals surface area contributed by atoms with Gasteiger partial charge in [-0.05, 0) is 29.8 Å². The summed E-state index contributed by atoms with van der Waals surface area (Å²) in [5.74, 6) is -0.854. The minimum atomic E-state index is -1.49. The van der Waals surface area contributed by atoms with Crippen molar-refractivity contribution in [2.45, 2.75) is 26.9 Å². The van der Waals surface area contributed by atoms with Crippen LogP contribution in [-0.4, -0.2) is 49.5 Å². The third-order valence-corrected chi connectivity index (χ3v) is 7.33. The molecule has 1 unspecified atom stereocenters. The molecule has 1 amide bonds. The molecule has 4 rings (SSSR count). The van der Waals surface area contributed by atoms with Crippen molar-refractivity contribution in [1.82, 2.24) is 14.2 Å². The molecule has 0 bridgehead atoms. The maximum Gasteiger partial charge on any atom is 0.258 e. The van der Waals surface area contributed by atoms with Gasteiger partial charge in [0.2, 0.25) is 0 Å². The number of hydrogen-bond donors (Lipinski definition) is 1. The molecule has 1 aliphatic rings. The Balaban J connectivity index is 1.83. The second kappa shape index (κ2) is 8.84. The number of aromatic nitrogens is 1. The molecule has 1 atom stereocenters. The number of halogens is 1. The molecule has 2 aromatic carbocycles. The van der Waals surface area contributed by atoms with Gasteiger partial charge in [0, 0.05) is 50.4 Å². The molecular formula is C23H25FN4O3S. The van der Waals surface area contributed by atoms with E-state index in [-0.39, 0.29) is 36.1 Å². The van der Waals surface area contributed by atoms with E-state index in [1.54, 1.807) is 51.0 Å². The van der Waals surface area contributed by atoms with E-state index in [1.165, 1.54) is 12.1 Å². The van der Waals surface area contributed by atoms with Gasteiger partial charge in [0.15, 0.2) is 16.9 Å². The standard InChI is InChI=1S/C23H25FN4O3S/c1-4-28(5-2)32(31)26(3)21-17-7-6-12-25-20(17)22(29)19-18(21)14-27(23(19)30)13-15-8-10-16(24)11-9-15/h6-12,29H,4-5,13-14H2,1-3H3. The minimum Gasteiger partial charge on any atom is -0.505 e. The lowest BCUT2D eigenvalue weighted by Crippen LogP contribution is -2.37. The van der Waals surface area contributed by atoms with Crippen LogP contribution in [0.25, 0.3) is 10.9 Å². The van der Waals surface area contributed by atoms with E-state index in [0.717, 1.165) is 5.56 Å². The fourth-order valence-electron chi connectivity index (χ4n) is 4.13. The Morgan fingerprint density at radius 1 is 1.19 bits per heavy atom. The first-order valence-corrected chi connectivity index (χ1v) is 11.5. The summed E-state index contributed by atoms with van der Waals surface area (Å²) in [6.45, 7) is 5.56. The third-order valence-electron chi connectivity index (χ3n) is 5.72. The molecule has 2 heterocycles. The van der Waals surface area contributed by atoms with E-state index in [4.69, 9.17) is 0 Å². The average Bonchev–Trinajstić information content (AvgIpc) is 3.12. The first-order chi connectivity index (χ1) is 15.4. The van der Waals surface area contributed by atoms with Gasteiger partial charge in [0.1, 0.15) is 11.3 Å². The van der Waals surface area contributed by atoms with E-state index in [1.807, 2.05) is 13.8 Å². The number of amides is 1. The van der Waals surface area contributed by atoms with Crippen LogP contribution < -0.4 is 4.31 Å². The fraction of sp³-hybridized carbons (Fsp3) is 0.304. The number of carbonyl (C=O) groups is 1. The summed E-state index contributed by atoms with van der Waals surface area (Å²) < 4.78 is 30.0. The highest BCUT2D eigenvalue weighted by molar-refractivity contribution is 7.84. The first-order valence-electron chi connectivity index (χ1n) is 10.4. The number of phenolic OH excluding ortho intramolecular Hbond substituents is 1. The number of fused-ring (bicyclic) bond motifs is 2. The number of phenols is 1. The molecule has 0 saturated carbocycles. The van der Waals surface area contributed by atoms with Crippen molar-refractivity contribution < 1.29 is 18.5 Å². The molecule has 168 valence electrons. The number of aromatic hydroxyl groups is 1. The number of benzene rings is 2. The Morgan fingerprint density at radius 3 is 2.53 bits per heavy atom. The van der Waals surface area contributed by atoms with Crippen LogP contribution in [0.4, 0.5) is 10.1 Å². The van der Waals surface area contributed by atoms with Gasteiger partial charge in [-0.25, -0.2) is 12.9 Å². The molecule has 32 heavy (non-hydrogen) atoms. The van der Waals surface area contributed by atoms with Gasteiger partial charge in [-0.2, -0.15) is 0 Å². The van der Waals surface area contributed by atoms with Crippen molar-refractivity contribution in [3.63, 3.8) is 0 Å². The van der Waals surface area contributed by atoms with Crippen LogP contribution in [0, 0.1) is 5.82 Å². The highest BCUT2D eigenvalue weighted by Crippen LogP contribution is 2.44. The lowest BCUT2D eigenvalue weighted by molar-refractivity contribution is 0.0764. The third kappa shape index (κ3) is 3.71. The van der Waals surface area contributed by atoms with Gasteiger partial charge >= 0.3 is 0 Å². The first kappa shape index (κ1) is 22.2. The molecule has 1 aromatic heterocycles. The van der Waals surface area contributed by atoms with Crippen LogP contribution in [0.2, 0.25) is 0 Å². The van der Waals surface area contributed by atoms with Crippen molar-refractivity contribution in [2.75, 3.05) is 24.4 Å². The monoisotopic (exact) mass is 456 g/mol. The van der Waals surface area contributed by atoms with Crippen molar-refractivity contribution >= 4 is 33.7 Å². The zero-order valence-electron chi connectivity index (χ0n) is 18.2. The van der Waals surface area contributed by atoms with Crippen LogP contribution in [0.3, 0.4) is 0 Å². The summed E-state index contributed by atoms with van der Waals surface area (Å²) in [6.07, 6.45) is 1.55. The highest BCUT2D eigenvalue weighted by Gasteiger charge is 2.37. The zero-order chi connectivity index (χ0) is 23.0. The average molecular weight is 457 g/mol. The Labute approximate surface area is 188 Å². The zero-order valence-corrected chi connectivity index (χ0v) is 19.0. The Morgan fingerprint density at radius 2 is 1.88 bits per heavy atom. The van der Waals surface area contributed by atoms with E-state index in [9.17, 15) is 18.5 Å². The van der Waals surface area contributed by atoms with Gasteiger partial charge in [-0.3, -0.25) is 14.1 Å². The van der Waals surface area contributed by atoms with Crippen molar-refractivity contribution in [3.8, 4) is 5.75 Å². The Bertz CT molecular complexity index is 1200. The largest absolute Gasteiger partial charge is 0.505 e. The lowest BCUT2D eigenvalue weighted by atomic mass is 10.0. The fourth-order valence-corrected chi connectivity index (χ4v) is 5.28. The molecule has 1 N–H and O–H groups in total. The van der Waals surface area contributed by atoms with E-state index in [0.29, 0.717) is 35.2 Å². The lowest BCUT2D eigenvalue weighted by Gasteiger charge is -2.28. The Hall–Kier alpha value is -3.04. The van der Waals surface area contributed by atoms with E-state index >= 15 is 0 Å². The van der Waals surface area contributed by atoms with E-state index < -0.39 is 11.2 Å². The summed E-state index contributed by atoms with van der Waals surface area (Å²) in [5, 5.41) is 11.6. The molecule has 0 saturated heterocycles. The summed E-state index contributed by atoms with van der Waals surface area (Å²) in [5.41, 5.74) is 2.47. The smallest absolute Gasteiger partial charge is 0.258 e. The van der Waals surface area contributed by atoms with E-state index in [2.05, 4.69) is 4.98 Å². The number of anilines is 1. The van der Waals surface area contributed by atoms with Gasteiger partial charge in [-0.15, -0.1) is 0 Å². The maximum absolute atomic E-state index is 13.3. The number of pyridine rings is 1. The molecular weight excluding hydrogens is 431 g/mol. The number of carbonyl (C=O) groups excluding carboxylic acids is 1. The molecule has 0 fully saturated rings. The highest BCUT2D eigenvalue weighted by atomic mass is 32.2. The number of nitrogens with zero attached hydrogens (tertiary/aromatic N) is 4. The summed E-state index contributed by atoms with van der Waals surface area (Å²) in [7, 11) is 1.72. The predicted molar refractivity (Wildman–Crippen MR) is 123 cm³/mol. The van der Waals surface area contributed by atoms with Gasteiger partial charge < -0.3 is 10.0 Å². The normalized spacial score (nSPS) is 14.3. The maximum atomic E-state index is 13.3. The van der Waals surface area contributed by atoms with Gasteiger partial charge in [-0.1, -0.05) is 26.0 Å². The van der Waals surface area contributed by atoms with Crippen LogP contribution in [-0.2, 0) is 24.3 Å². The summed E-state index contributed by atoms with van der Waals surface area (Å²) >= 11 is -1.49. The predicted octanol–water partition coefficient (Wildman–Crippen LogP) is 3.59. The van der Waals surface area contributed by atoms with Crippen LogP contribution in [0.1, 0.15) is 35.3 Å². The molecule has 0 spiro atoms. The number of hydrogen-bond acceptors (Lipinski definition) is 4. The SMILES string of the molecule is CCN(CC)S(=O)N(C)c1c2c(c(O)c3ncccc13)C(=O)N(Cc1ccc(F)cc1)C2. The quantitative estimate of drug-likeness (QED) is 0.590. The molecule has 0 radical (unpaired) electrons. The van der Waals surface area contributed by atoms with Gasteiger partial charge in [0.05, 0.1) is 11.3 Å². The van der Waals surface area contributed by atoms with Crippen LogP contribution >= 0.6 is 0 Å². The molecule has 3 aromatic rings. The summed E-state index contributed by atoms with van der Waals surface area (Å²) in [6, 6.07) is 9.52. The number of rotatable bonds is 7. The van der Waals surface area contributed by atoms with Crippen molar-refractivity contribution in [2.24, 2.45) is 0 Å². The second-order valence-corrected chi connectivity index (χ2v) is 9.11. The second-order valence-electron chi connectivity index (χ2n) is 7.58. The molecule has 9 heteroatoms. The molecule has 1 aliphatic heterocycles. The Kier molecular flexibility index (Phi) is 6.12. The van der Waals surface area contributed by atoms with Crippen molar-refractivity contribution in [3.05, 3.63) is 65.1 Å². The summed E-state index contributed by atoms with van der Waals surface area (Å²) in [4.78, 5) is 19.2. The van der Waals surface area contributed by atoms with Crippen LogP contribution in [0.15, 0.2) is 42.6 Å². The molecule has 7 nitrogen and oxygen atoms in total. The minimum absolute atomic E-state index is 0.173. The topological polar surface area (TPSA) is 77.0 Å². The van der Waals surface area contributed by atoms with Crippen molar-refractivity contribution in [1.29, 1.82) is 0 Å². The molecule has 0 aliphatic carbocycles.